The molecule has 2 aromatic heterocycles. The highest BCUT2D eigenvalue weighted by Crippen LogP contribution is 2.41. The van der Waals surface area contributed by atoms with Crippen LogP contribution in [0.25, 0.3) is 22.6 Å². The van der Waals surface area contributed by atoms with Crippen molar-refractivity contribution >= 4 is 22.8 Å². The van der Waals surface area contributed by atoms with Crippen molar-refractivity contribution in [3.63, 3.8) is 0 Å². The summed E-state index contributed by atoms with van der Waals surface area (Å²) in [4.78, 5) is 8.85. The average molecular weight is 302 g/mol. The lowest BCUT2D eigenvalue weighted by Crippen LogP contribution is -2.15. The molecule has 5 nitrogen and oxygen atoms in total. The van der Waals surface area contributed by atoms with Crippen LogP contribution in [0.5, 0.6) is 11.5 Å². The van der Waals surface area contributed by atoms with E-state index in [1.165, 1.54) is 0 Å². The lowest BCUT2D eigenvalue weighted by Gasteiger charge is -2.20. The minimum atomic E-state index is 0.516. The van der Waals surface area contributed by atoms with Gasteiger partial charge in [0, 0.05) is 18.8 Å². The zero-order valence-electron chi connectivity index (χ0n) is 11.3. The standard InChI is InChI=1S/C15H12ClN3O2/c1-19-11-3-2-4-17-14(11)18-15(19)9-7-10(16)13-12(8-9)20-5-6-21-13/h2-4,7-8H,5-6H2,1H3. The Morgan fingerprint density at radius 1 is 1.24 bits per heavy atom. The van der Waals surface area contributed by atoms with E-state index in [4.69, 9.17) is 21.1 Å². The Balaban J connectivity index is 1.92. The van der Waals surface area contributed by atoms with E-state index in [2.05, 4.69) is 9.97 Å². The molecule has 0 spiro atoms. The highest BCUT2D eigenvalue weighted by atomic mass is 35.5. The highest BCUT2D eigenvalue weighted by molar-refractivity contribution is 6.32. The summed E-state index contributed by atoms with van der Waals surface area (Å²) in [6.07, 6.45) is 1.73. The van der Waals surface area contributed by atoms with Gasteiger partial charge in [-0.3, -0.25) is 0 Å². The van der Waals surface area contributed by atoms with Gasteiger partial charge in [0.2, 0.25) is 0 Å². The second kappa shape index (κ2) is 4.63. The number of imidazole rings is 1. The number of hydrogen-bond acceptors (Lipinski definition) is 4. The Morgan fingerprint density at radius 3 is 2.95 bits per heavy atom. The first kappa shape index (κ1) is 12.5. The molecular weight excluding hydrogens is 290 g/mol. The van der Waals surface area contributed by atoms with E-state index < -0.39 is 0 Å². The second-order valence-corrected chi connectivity index (χ2v) is 5.23. The number of nitrogens with zero attached hydrogens (tertiary/aromatic N) is 3. The predicted octanol–water partition coefficient (Wildman–Crippen LogP) is 3.06. The minimum absolute atomic E-state index is 0.516. The van der Waals surface area contributed by atoms with Gasteiger partial charge in [-0.2, -0.15) is 0 Å². The third kappa shape index (κ3) is 1.93. The predicted molar refractivity (Wildman–Crippen MR) is 79.9 cm³/mol. The van der Waals surface area contributed by atoms with Crippen LogP contribution in [0.4, 0.5) is 0 Å². The average Bonchev–Trinajstić information content (AvgIpc) is 2.85. The SMILES string of the molecule is Cn1c(-c2cc(Cl)c3c(c2)OCCO3)nc2ncccc21. The molecule has 0 aliphatic carbocycles. The monoisotopic (exact) mass is 301 g/mol. The second-order valence-electron chi connectivity index (χ2n) is 4.82. The summed E-state index contributed by atoms with van der Waals surface area (Å²) in [6.45, 7) is 1.04. The number of pyridine rings is 1. The first-order valence-corrected chi connectivity index (χ1v) is 6.99. The van der Waals surface area contributed by atoms with Crippen LogP contribution in [0.1, 0.15) is 0 Å². The molecule has 106 valence electrons. The van der Waals surface area contributed by atoms with Crippen LogP contribution in [-0.2, 0) is 7.05 Å². The Bertz CT molecular complexity index is 844. The fourth-order valence-electron chi connectivity index (χ4n) is 2.52. The fraction of sp³-hybridized carbons (Fsp3) is 0.200. The van der Waals surface area contributed by atoms with Gasteiger partial charge in [0.1, 0.15) is 19.0 Å². The summed E-state index contributed by atoms with van der Waals surface area (Å²) >= 11 is 6.29. The molecule has 0 bridgehead atoms. The third-order valence-corrected chi connectivity index (χ3v) is 3.79. The van der Waals surface area contributed by atoms with Crippen LogP contribution in [0.2, 0.25) is 5.02 Å². The van der Waals surface area contributed by atoms with E-state index in [-0.39, 0.29) is 0 Å². The van der Waals surface area contributed by atoms with Crippen molar-refractivity contribution in [1.29, 1.82) is 0 Å². The quantitative estimate of drug-likeness (QED) is 0.693. The van der Waals surface area contributed by atoms with Gasteiger partial charge in [-0.15, -0.1) is 0 Å². The van der Waals surface area contributed by atoms with E-state index >= 15 is 0 Å². The number of fused-ring (bicyclic) bond motifs is 2. The van der Waals surface area contributed by atoms with Crippen molar-refractivity contribution in [2.75, 3.05) is 13.2 Å². The summed E-state index contributed by atoms with van der Waals surface area (Å²) in [6, 6.07) is 7.63. The van der Waals surface area contributed by atoms with Gasteiger partial charge in [0.25, 0.3) is 0 Å². The summed E-state index contributed by atoms with van der Waals surface area (Å²) < 4.78 is 13.1. The first-order chi connectivity index (χ1) is 10.2. The van der Waals surface area contributed by atoms with Crippen molar-refractivity contribution in [2.24, 2.45) is 7.05 Å². The topological polar surface area (TPSA) is 49.2 Å². The lowest BCUT2D eigenvalue weighted by molar-refractivity contribution is 0.172. The van der Waals surface area contributed by atoms with Crippen molar-refractivity contribution in [3.8, 4) is 22.9 Å². The van der Waals surface area contributed by atoms with Gasteiger partial charge in [-0.1, -0.05) is 11.6 Å². The first-order valence-electron chi connectivity index (χ1n) is 6.61. The molecule has 0 radical (unpaired) electrons. The summed E-state index contributed by atoms with van der Waals surface area (Å²) in [5.74, 6) is 2.05. The lowest BCUT2D eigenvalue weighted by atomic mass is 10.2. The van der Waals surface area contributed by atoms with Crippen LogP contribution >= 0.6 is 11.6 Å². The van der Waals surface area contributed by atoms with E-state index in [1.807, 2.05) is 35.9 Å². The smallest absolute Gasteiger partial charge is 0.179 e. The maximum Gasteiger partial charge on any atom is 0.179 e. The van der Waals surface area contributed by atoms with Crippen LogP contribution in [0, 0.1) is 0 Å². The zero-order chi connectivity index (χ0) is 14.4. The van der Waals surface area contributed by atoms with Crippen LogP contribution < -0.4 is 9.47 Å². The maximum atomic E-state index is 6.29. The van der Waals surface area contributed by atoms with Gasteiger partial charge >= 0.3 is 0 Å². The molecule has 4 rings (SSSR count). The van der Waals surface area contributed by atoms with Crippen molar-refractivity contribution in [2.45, 2.75) is 0 Å². The number of aryl methyl sites for hydroxylation is 1. The molecule has 0 N–H and O–H groups in total. The molecule has 3 heterocycles. The number of ether oxygens (including phenoxy) is 2. The molecule has 1 aliphatic rings. The molecule has 0 saturated carbocycles. The molecule has 21 heavy (non-hydrogen) atoms. The molecular formula is C15H12ClN3O2. The fourth-order valence-corrected chi connectivity index (χ4v) is 2.79. The summed E-state index contributed by atoms with van der Waals surface area (Å²) in [7, 11) is 1.96. The zero-order valence-corrected chi connectivity index (χ0v) is 12.1. The molecule has 0 fully saturated rings. The number of aromatic nitrogens is 3. The molecule has 3 aromatic rings. The number of halogens is 1. The Kier molecular flexibility index (Phi) is 2.75. The molecule has 0 amide bonds. The van der Waals surface area contributed by atoms with Crippen LogP contribution in [-0.4, -0.2) is 27.7 Å². The Hall–Kier alpha value is -2.27. The Morgan fingerprint density at radius 2 is 2.10 bits per heavy atom. The Labute approximate surface area is 126 Å². The van der Waals surface area contributed by atoms with E-state index in [9.17, 15) is 0 Å². The summed E-state index contributed by atoms with van der Waals surface area (Å²) in [5.41, 5.74) is 2.56. The largest absolute Gasteiger partial charge is 0.486 e. The normalized spacial score (nSPS) is 13.6. The minimum Gasteiger partial charge on any atom is -0.486 e. The van der Waals surface area contributed by atoms with E-state index in [1.54, 1.807) is 6.20 Å². The number of hydrogen-bond donors (Lipinski definition) is 0. The molecule has 6 heteroatoms. The number of rotatable bonds is 1. The highest BCUT2D eigenvalue weighted by Gasteiger charge is 2.19. The van der Waals surface area contributed by atoms with Crippen molar-refractivity contribution in [1.82, 2.24) is 14.5 Å². The van der Waals surface area contributed by atoms with E-state index in [0.29, 0.717) is 35.4 Å². The molecule has 0 atom stereocenters. The van der Waals surface area contributed by atoms with E-state index in [0.717, 1.165) is 16.9 Å². The summed E-state index contributed by atoms with van der Waals surface area (Å²) in [5, 5.41) is 0.530. The molecule has 0 unspecified atom stereocenters. The molecule has 1 aromatic carbocycles. The van der Waals surface area contributed by atoms with Crippen LogP contribution in [0.3, 0.4) is 0 Å². The van der Waals surface area contributed by atoms with Gasteiger partial charge in [-0.25, -0.2) is 9.97 Å². The van der Waals surface area contributed by atoms with Gasteiger partial charge in [0.15, 0.2) is 17.1 Å². The molecule has 0 saturated heterocycles. The van der Waals surface area contributed by atoms with Crippen molar-refractivity contribution < 1.29 is 9.47 Å². The van der Waals surface area contributed by atoms with Gasteiger partial charge in [-0.05, 0) is 24.3 Å². The third-order valence-electron chi connectivity index (χ3n) is 3.51. The van der Waals surface area contributed by atoms with Gasteiger partial charge in [0.05, 0.1) is 10.5 Å². The maximum absolute atomic E-state index is 6.29. The molecule has 1 aliphatic heterocycles. The van der Waals surface area contributed by atoms with Gasteiger partial charge < -0.3 is 14.0 Å². The van der Waals surface area contributed by atoms with Crippen molar-refractivity contribution in [3.05, 3.63) is 35.5 Å². The van der Waals surface area contributed by atoms with Crippen LogP contribution in [0.15, 0.2) is 30.5 Å². The number of benzene rings is 1.